The van der Waals surface area contributed by atoms with E-state index in [1.807, 2.05) is 25.1 Å². The molecule has 4 aromatic carbocycles. The number of barbiturate groups is 1. The molecule has 0 radical (unpaired) electrons. The van der Waals surface area contributed by atoms with E-state index in [1.54, 1.807) is 60.7 Å². The summed E-state index contributed by atoms with van der Waals surface area (Å²) in [6.07, 6.45) is 1.41. The summed E-state index contributed by atoms with van der Waals surface area (Å²) in [5.74, 6) is -0.158. The molecule has 0 bridgehead atoms. The summed E-state index contributed by atoms with van der Waals surface area (Å²) < 4.78 is 18.4. The van der Waals surface area contributed by atoms with E-state index in [-0.39, 0.29) is 24.5 Å². The number of imide groups is 2. The van der Waals surface area contributed by atoms with E-state index in [0.717, 1.165) is 16.0 Å². The second-order valence-corrected chi connectivity index (χ2v) is 12.1. The predicted molar refractivity (Wildman–Crippen MR) is 182 cm³/mol. The Hall–Kier alpha value is -3.77. The van der Waals surface area contributed by atoms with Crippen LogP contribution >= 0.6 is 57.4 Å². The number of halogens is 4. The second-order valence-electron chi connectivity index (χ2n) is 9.66. The minimum absolute atomic E-state index is 0.187. The highest BCUT2D eigenvalue weighted by Crippen LogP contribution is 2.36. The lowest BCUT2D eigenvalue weighted by molar-refractivity contribution is -0.122. The van der Waals surface area contributed by atoms with Crippen LogP contribution in [0.25, 0.3) is 6.08 Å². The third-order valence-electron chi connectivity index (χ3n) is 6.52. The van der Waals surface area contributed by atoms with E-state index in [9.17, 15) is 14.4 Å². The molecule has 4 amide bonds. The van der Waals surface area contributed by atoms with Crippen molar-refractivity contribution in [3.8, 4) is 17.2 Å². The lowest BCUT2D eigenvalue weighted by Crippen LogP contribution is -2.54. The summed E-state index contributed by atoms with van der Waals surface area (Å²) in [5.41, 5.74) is 2.16. The first kappa shape index (κ1) is 32.6. The van der Waals surface area contributed by atoms with Gasteiger partial charge in [-0.3, -0.25) is 14.9 Å². The summed E-state index contributed by atoms with van der Waals surface area (Å²) in [5, 5.41) is 3.84. The van der Waals surface area contributed by atoms with E-state index < -0.39 is 17.8 Å². The molecule has 12 heteroatoms. The molecule has 1 aliphatic heterocycles. The van der Waals surface area contributed by atoms with Crippen molar-refractivity contribution in [3.63, 3.8) is 0 Å². The Morgan fingerprint density at radius 3 is 2.31 bits per heavy atom. The Kier molecular flexibility index (Phi) is 10.5. The quantitative estimate of drug-likeness (QED) is 0.0987. The third-order valence-corrected chi connectivity index (χ3v) is 8.14. The number of anilines is 1. The number of ether oxygens (including phenoxy) is 3. The normalized spacial score (nSPS) is 14.0. The molecule has 0 saturated carbocycles. The minimum atomic E-state index is -0.863. The van der Waals surface area contributed by atoms with E-state index in [4.69, 9.17) is 49.0 Å². The van der Waals surface area contributed by atoms with Crippen LogP contribution in [0.2, 0.25) is 15.1 Å². The highest BCUT2D eigenvalue weighted by atomic mass is 127. The van der Waals surface area contributed by atoms with Gasteiger partial charge in [0.1, 0.15) is 24.5 Å². The number of hydrogen-bond donors (Lipinski definition) is 1. The molecule has 1 aliphatic rings. The van der Waals surface area contributed by atoms with Gasteiger partial charge in [0.2, 0.25) is 0 Å². The molecule has 1 heterocycles. The number of carbonyl (C=O) groups excluding carboxylic acids is 3. The summed E-state index contributed by atoms with van der Waals surface area (Å²) >= 11 is 20.4. The predicted octanol–water partition coefficient (Wildman–Crippen LogP) is 8.47. The van der Waals surface area contributed by atoms with Gasteiger partial charge in [0.25, 0.3) is 11.8 Å². The molecule has 1 saturated heterocycles. The van der Waals surface area contributed by atoms with Crippen LogP contribution in [0, 0.1) is 3.57 Å². The monoisotopic (exact) mass is 776 g/mol. The maximum absolute atomic E-state index is 13.5. The number of benzene rings is 4. The number of nitrogens with zero attached hydrogens (tertiary/aromatic N) is 1. The minimum Gasteiger partial charge on any atom is -0.490 e. The van der Waals surface area contributed by atoms with Gasteiger partial charge in [-0.1, -0.05) is 53.0 Å². The molecule has 0 atom stereocenters. The summed E-state index contributed by atoms with van der Waals surface area (Å²) in [7, 11) is 0. The van der Waals surface area contributed by atoms with Crippen molar-refractivity contribution in [1.29, 1.82) is 0 Å². The molecule has 5 rings (SSSR count). The van der Waals surface area contributed by atoms with Crippen molar-refractivity contribution in [2.45, 2.75) is 20.1 Å². The van der Waals surface area contributed by atoms with Gasteiger partial charge in [-0.15, -0.1) is 0 Å². The average molecular weight is 778 g/mol. The molecular formula is C33H24Cl3IN2O6. The van der Waals surface area contributed by atoms with Crippen LogP contribution in [0.3, 0.4) is 0 Å². The van der Waals surface area contributed by atoms with Crippen molar-refractivity contribution in [1.82, 2.24) is 5.32 Å². The molecule has 0 aliphatic carbocycles. The lowest BCUT2D eigenvalue weighted by atomic mass is 10.1. The van der Waals surface area contributed by atoms with Crippen LogP contribution in [0.5, 0.6) is 17.2 Å². The molecule has 0 aromatic heterocycles. The van der Waals surface area contributed by atoms with Crippen LogP contribution in [0.15, 0.2) is 84.4 Å². The number of rotatable bonds is 10. The Bertz CT molecular complexity index is 1810. The van der Waals surface area contributed by atoms with Crippen LogP contribution < -0.4 is 24.4 Å². The van der Waals surface area contributed by atoms with E-state index in [2.05, 4.69) is 27.9 Å². The standard InChI is InChI=1S/C33H24Cl3IN2O6/c1-2-43-29-15-20(14-28(37)30(29)45-17-19-4-3-5-22(34)12-19)13-26-31(40)38-33(42)39(32(26)41)24-8-10-25(11-9-24)44-18-21-6-7-23(35)16-27(21)36/h3-16H,2,17-18H2,1H3,(H,38,40,42)/b26-13+. The summed E-state index contributed by atoms with van der Waals surface area (Å²) in [6, 6.07) is 21.3. The maximum atomic E-state index is 13.5. The van der Waals surface area contributed by atoms with E-state index in [1.165, 1.54) is 6.08 Å². The van der Waals surface area contributed by atoms with Gasteiger partial charge >= 0.3 is 6.03 Å². The molecule has 230 valence electrons. The fourth-order valence-corrected chi connectivity index (χ4v) is 5.86. The molecule has 0 spiro atoms. The molecule has 8 nitrogen and oxygen atoms in total. The average Bonchev–Trinajstić information content (AvgIpc) is 2.99. The second kappa shape index (κ2) is 14.6. The van der Waals surface area contributed by atoms with Gasteiger partial charge in [-0.25, -0.2) is 9.69 Å². The van der Waals surface area contributed by atoms with Gasteiger partial charge in [0.05, 0.1) is 15.9 Å². The summed E-state index contributed by atoms with van der Waals surface area (Å²) in [4.78, 5) is 40.0. The smallest absolute Gasteiger partial charge is 0.335 e. The van der Waals surface area contributed by atoms with Gasteiger partial charge in [-0.05, 0) is 107 Å². The number of urea groups is 1. The van der Waals surface area contributed by atoms with Crippen LogP contribution in [-0.4, -0.2) is 24.5 Å². The largest absolute Gasteiger partial charge is 0.490 e. The van der Waals surface area contributed by atoms with Crippen molar-refractivity contribution in [2.24, 2.45) is 0 Å². The summed E-state index contributed by atoms with van der Waals surface area (Å²) in [6.45, 7) is 2.64. The van der Waals surface area contributed by atoms with Crippen molar-refractivity contribution >= 4 is 87.0 Å². The Morgan fingerprint density at radius 2 is 1.60 bits per heavy atom. The zero-order valence-corrected chi connectivity index (χ0v) is 28.0. The molecule has 45 heavy (non-hydrogen) atoms. The number of carbonyl (C=O) groups is 3. The Balaban J connectivity index is 1.35. The molecule has 1 fully saturated rings. The first-order valence-electron chi connectivity index (χ1n) is 13.5. The van der Waals surface area contributed by atoms with Crippen molar-refractivity contribution in [2.75, 3.05) is 11.5 Å². The highest BCUT2D eigenvalue weighted by Gasteiger charge is 2.37. The van der Waals surface area contributed by atoms with Gasteiger partial charge in [0.15, 0.2) is 11.5 Å². The van der Waals surface area contributed by atoms with Crippen molar-refractivity contribution in [3.05, 3.63) is 120 Å². The number of nitrogens with one attached hydrogen (secondary N) is 1. The Morgan fingerprint density at radius 1 is 0.844 bits per heavy atom. The van der Waals surface area contributed by atoms with Crippen LogP contribution in [0.1, 0.15) is 23.6 Å². The third kappa shape index (κ3) is 7.91. The van der Waals surface area contributed by atoms with Crippen LogP contribution in [-0.2, 0) is 22.8 Å². The molecule has 4 aromatic rings. The molecule has 1 N–H and O–H groups in total. The number of amides is 4. The fourth-order valence-electron chi connectivity index (χ4n) is 4.41. The lowest BCUT2D eigenvalue weighted by Gasteiger charge is -2.26. The van der Waals surface area contributed by atoms with E-state index in [0.29, 0.717) is 48.1 Å². The van der Waals surface area contributed by atoms with E-state index >= 15 is 0 Å². The first-order valence-corrected chi connectivity index (χ1v) is 15.8. The fraction of sp³-hybridized carbons (Fsp3) is 0.121. The maximum Gasteiger partial charge on any atom is 0.335 e. The SMILES string of the molecule is CCOc1cc(/C=C2\C(=O)NC(=O)N(c3ccc(OCc4ccc(Cl)cc4Cl)cc3)C2=O)cc(I)c1OCc1cccc(Cl)c1. The van der Waals surface area contributed by atoms with Gasteiger partial charge < -0.3 is 14.2 Å². The first-order chi connectivity index (χ1) is 21.6. The molecular weight excluding hydrogens is 754 g/mol. The zero-order chi connectivity index (χ0) is 32.1. The Labute approximate surface area is 287 Å². The van der Waals surface area contributed by atoms with Crippen LogP contribution in [0.4, 0.5) is 10.5 Å². The highest BCUT2D eigenvalue weighted by molar-refractivity contribution is 14.1. The molecule has 0 unspecified atom stereocenters. The topological polar surface area (TPSA) is 94.2 Å². The van der Waals surface area contributed by atoms with Gasteiger partial charge in [-0.2, -0.15) is 0 Å². The van der Waals surface area contributed by atoms with Gasteiger partial charge in [0, 0.05) is 20.6 Å². The zero-order valence-electron chi connectivity index (χ0n) is 23.6. The number of hydrogen-bond acceptors (Lipinski definition) is 6. The van der Waals surface area contributed by atoms with Crippen molar-refractivity contribution < 1.29 is 28.6 Å².